The molecule has 0 radical (unpaired) electrons. The molecule has 0 saturated carbocycles. The van der Waals surface area contributed by atoms with Crippen LogP contribution in [0.2, 0.25) is 0 Å². The summed E-state index contributed by atoms with van der Waals surface area (Å²) in [6.07, 6.45) is 2.30. The maximum absolute atomic E-state index is 12.6. The molecule has 1 saturated heterocycles. The lowest BCUT2D eigenvalue weighted by atomic mass is 10.1. The van der Waals surface area contributed by atoms with Crippen LogP contribution in [-0.4, -0.2) is 64.3 Å². The number of hydrogen-bond donors (Lipinski definition) is 2. The number of H-pyrrole nitrogens is 1. The molecule has 26 heavy (non-hydrogen) atoms. The third kappa shape index (κ3) is 3.80. The van der Waals surface area contributed by atoms with Crippen molar-refractivity contribution < 1.29 is 13.2 Å². The van der Waals surface area contributed by atoms with E-state index in [1.165, 1.54) is 19.9 Å². The Hall–Kier alpha value is -1.82. The van der Waals surface area contributed by atoms with E-state index in [1.807, 2.05) is 13.8 Å². The molecule has 3 heterocycles. The molecule has 1 atom stereocenters. The number of nitrogens with zero attached hydrogens (tertiary/aromatic N) is 4. The van der Waals surface area contributed by atoms with Gasteiger partial charge in [-0.3, -0.25) is 15.2 Å². The largest absolute Gasteiger partial charge is 0.296 e. The van der Waals surface area contributed by atoms with E-state index >= 15 is 0 Å². The number of carbonyl (C=O) groups excluding carboxylic acids is 1. The van der Waals surface area contributed by atoms with Crippen molar-refractivity contribution in [2.24, 2.45) is 0 Å². The number of hydrogen-bond acceptors (Lipinski definition) is 6. The quantitative estimate of drug-likeness (QED) is 0.734. The van der Waals surface area contributed by atoms with Crippen LogP contribution < -0.4 is 5.32 Å². The van der Waals surface area contributed by atoms with Crippen LogP contribution in [0.4, 0.5) is 5.13 Å². The molecule has 1 amide bonds. The number of thiazole rings is 1. The third-order valence-corrected chi connectivity index (χ3v) is 7.27. The Balaban J connectivity index is 1.66. The van der Waals surface area contributed by atoms with Gasteiger partial charge in [-0.1, -0.05) is 13.8 Å². The van der Waals surface area contributed by atoms with Crippen LogP contribution in [0.1, 0.15) is 42.4 Å². The predicted octanol–water partition coefficient (Wildman–Crippen LogP) is 1.49. The molecular formula is C15H22N6O3S2. The van der Waals surface area contributed by atoms with Gasteiger partial charge in [-0.15, -0.1) is 11.3 Å². The van der Waals surface area contributed by atoms with Gasteiger partial charge in [0.1, 0.15) is 0 Å². The molecule has 1 aliphatic heterocycles. The predicted molar refractivity (Wildman–Crippen MR) is 99.4 cm³/mol. The average molecular weight is 399 g/mol. The fourth-order valence-electron chi connectivity index (χ4n) is 3.01. The fraction of sp³-hybridized carbons (Fsp3) is 0.533. The molecule has 1 aliphatic rings. The van der Waals surface area contributed by atoms with Gasteiger partial charge in [-0.2, -0.15) is 22.1 Å². The van der Waals surface area contributed by atoms with E-state index in [0.717, 1.165) is 5.69 Å². The van der Waals surface area contributed by atoms with Crippen molar-refractivity contribution in [3.8, 4) is 0 Å². The Labute approximate surface area is 156 Å². The summed E-state index contributed by atoms with van der Waals surface area (Å²) in [7, 11) is -3.44. The molecule has 0 spiro atoms. The zero-order valence-corrected chi connectivity index (χ0v) is 16.3. The van der Waals surface area contributed by atoms with E-state index in [0.29, 0.717) is 37.7 Å². The molecule has 2 aromatic rings. The molecule has 3 rings (SSSR count). The lowest BCUT2D eigenvalue weighted by Crippen LogP contribution is -2.42. The van der Waals surface area contributed by atoms with E-state index in [-0.39, 0.29) is 17.5 Å². The Bertz CT molecular complexity index is 845. The van der Waals surface area contributed by atoms with E-state index in [1.54, 1.807) is 17.6 Å². The highest BCUT2D eigenvalue weighted by Gasteiger charge is 2.35. The van der Waals surface area contributed by atoms with Crippen LogP contribution in [0.15, 0.2) is 17.6 Å². The van der Waals surface area contributed by atoms with Crippen molar-refractivity contribution in [1.29, 1.82) is 0 Å². The van der Waals surface area contributed by atoms with E-state index in [4.69, 9.17) is 0 Å². The Morgan fingerprint density at radius 2 is 2.23 bits per heavy atom. The molecule has 2 N–H and O–H groups in total. The zero-order valence-electron chi connectivity index (χ0n) is 14.7. The monoisotopic (exact) mass is 398 g/mol. The standard InChI is InChI=1S/C15H22N6O3S2/c1-3-20(4-2)26(23,24)21-7-5-11(10-21)12-9-13(19-18-12)14(22)17-15-16-6-8-25-15/h6,8-9,11H,3-5,7,10H2,1-2H3,(H,18,19)(H,16,17,22)/t11-/m1/s1. The summed E-state index contributed by atoms with van der Waals surface area (Å²) in [5.41, 5.74) is 1.03. The third-order valence-electron chi connectivity index (χ3n) is 4.43. The highest BCUT2D eigenvalue weighted by atomic mass is 32.2. The van der Waals surface area contributed by atoms with Crippen LogP contribution in [0.5, 0.6) is 0 Å². The van der Waals surface area contributed by atoms with Crippen LogP contribution in [0.3, 0.4) is 0 Å². The van der Waals surface area contributed by atoms with E-state index in [9.17, 15) is 13.2 Å². The summed E-state index contributed by atoms with van der Waals surface area (Å²) >= 11 is 1.33. The average Bonchev–Trinajstić information content (AvgIpc) is 3.36. The normalized spacial score (nSPS) is 18.5. The zero-order chi connectivity index (χ0) is 18.7. The first-order valence-corrected chi connectivity index (χ1v) is 10.7. The minimum atomic E-state index is -3.44. The van der Waals surface area contributed by atoms with Crippen LogP contribution in [-0.2, 0) is 10.2 Å². The summed E-state index contributed by atoms with van der Waals surface area (Å²) in [6.45, 7) is 5.40. The van der Waals surface area contributed by atoms with Crippen molar-refractivity contribution in [3.05, 3.63) is 29.0 Å². The first kappa shape index (κ1) is 19.0. The van der Waals surface area contributed by atoms with Crippen molar-refractivity contribution in [1.82, 2.24) is 23.8 Å². The van der Waals surface area contributed by atoms with Gasteiger partial charge in [0.15, 0.2) is 10.8 Å². The summed E-state index contributed by atoms with van der Waals surface area (Å²) in [6, 6.07) is 1.68. The maximum atomic E-state index is 12.6. The molecule has 1 fully saturated rings. The summed E-state index contributed by atoms with van der Waals surface area (Å²) in [4.78, 5) is 16.2. The number of nitrogens with one attached hydrogen (secondary N) is 2. The molecule has 9 nitrogen and oxygen atoms in total. The SMILES string of the molecule is CCN(CC)S(=O)(=O)N1CC[C@@H](c2cc(C(=O)Nc3nccs3)n[nH]2)C1. The van der Waals surface area contributed by atoms with Crippen molar-refractivity contribution in [2.75, 3.05) is 31.5 Å². The first-order chi connectivity index (χ1) is 12.5. The molecule has 142 valence electrons. The topological polar surface area (TPSA) is 111 Å². The first-order valence-electron chi connectivity index (χ1n) is 8.47. The van der Waals surface area contributed by atoms with Crippen LogP contribution >= 0.6 is 11.3 Å². The number of anilines is 1. The molecule has 0 aliphatic carbocycles. The molecule has 0 unspecified atom stereocenters. The molecule has 2 aromatic heterocycles. The second-order valence-corrected chi connectivity index (χ2v) is 8.76. The molecule has 0 aromatic carbocycles. The van der Waals surface area contributed by atoms with Gasteiger partial charge in [0.05, 0.1) is 0 Å². The molecule has 0 bridgehead atoms. The Kier molecular flexibility index (Phi) is 5.70. The number of aromatic amines is 1. The van der Waals surface area contributed by atoms with Gasteiger partial charge in [-0.25, -0.2) is 4.98 Å². The van der Waals surface area contributed by atoms with Gasteiger partial charge in [0, 0.05) is 49.4 Å². The van der Waals surface area contributed by atoms with Crippen LogP contribution in [0, 0.1) is 0 Å². The van der Waals surface area contributed by atoms with Gasteiger partial charge < -0.3 is 0 Å². The lowest BCUT2D eigenvalue weighted by Gasteiger charge is -2.25. The number of aromatic nitrogens is 3. The van der Waals surface area contributed by atoms with E-state index < -0.39 is 10.2 Å². The van der Waals surface area contributed by atoms with Gasteiger partial charge in [0.2, 0.25) is 0 Å². The number of amides is 1. The second kappa shape index (κ2) is 7.82. The Morgan fingerprint density at radius 3 is 2.88 bits per heavy atom. The number of rotatable bonds is 7. The highest BCUT2D eigenvalue weighted by Crippen LogP contribution is 2.29. The lowest BCUT2D eigenvalue weighted by molar-refractivity contribution is 0.102. The highest BCUT2D eigenvalue weighted by molar-refractivity contribution is 7.86. The summed E-state index contributed by atoms with van der Waals surface area (Å²) in [5.74, 6) is -0.345. The Morgan fingerprint density at radius 1 is 1.46 bits per heavy atom. The fourth-order valence-corrected chi connectivity index (χ4v) is 5.22. The van der Waals surface area contributed by atoms with Crippen molar-refractivity contribution in [2.45, 2.75) is 26.2 Å². The molecular weight excluding hydrogens is 376 g/mol. The van der Waals surface area contributed by atoms with Crippen LogP contribution in [0.25, 0.3) is 0 Å². The number of carbonyl (C=O) groups is 1. The van der Waals surface area contributed by atoms with Gasteiger partial charge >= 0.3 is 0 Å². The second-order valence-electron chi connectivity index (χ2n) is 5.94. The van der Waals surface area contributed by atoms with E-state index in [2.05, 4.69) is 20.5 Å². The minimum Gasteiger partial charge on any atom is -0.296 e. The maximum Gasteiger partial charge on any atom is 0.281 e. The summed E-state index contributed by atoms with van der Waals surface area (Å²) in [5, 5.41) is 11.9. The molecule has 11 heteroatoms. The smallest absolute Gasteiger partial charge is 0.281 e. The van der Waals surface area contributed by atoms with Crippen molar-refractivity contribution in [3.63, 3.8) is 0 Å². The van der Waals surface area contributed by atoms with Gasteiger partial charge in [-0.05, 0) is 12.5 Å². The summed E-state index contributed by atoms with van der Waals surface area (Å²) < 4.78 is 28.2. The minimum absolute atomic E-state index is 0.00532. The van der Waals surface area contributed by atoms with Crippen molar-refractivity contribution >= 4 is 32.6 Å². The van der Waals surface area contributed by atoms with Gasteiger partial charge in [0.25, 0.3) is 16.1 Å².